The average Bonchev–Trinajstić information content (AvgIpc) is 2.35. The van der Waals surface area contributed by atoms with Crippen molar-refractivity contribution in [1.82, 2.24) is 0 Å². The van der Waals surface area contributed by atoms with Crippen LogP contribution in [0.4, 0.5) is 10.1 Å². The SMILES string of the molecule is CCCC1CC(Nc2ccc(O)c(F)c2)CCO1. The molecule has 1 heterocycles. The largest absolute Gasteiger partial charge is 0.505 e. The van der Waals surface area contributed by atoms with E-state index in [1.54, 1.807) is 6.07 Å². The van der Waals surface area contributed by atoms with E-state index in [2.05, 4.69) is 12.2 Å². The van der Waals surface area contributed by atoms with E-state index < -0.39 is 5.82 Å². The summed E-state index contributed by atoms with van der Waals surface area (Å²) in [6.07, 6.45) is 4.38. The molecule has 0 aliphatic carbocycles. The van der Waals surface area contributed by atoms with Crippen molar-refractivity contribution < 1.29 is 14.2 Å². The van der Waals surface area contributed by atoms with Gasteiger partial charge in [-0.15, -0.1) is 0 Å². The summed E-state index contributed by atoms with van der Waals surface area (Å²) in [4.78, 5) is 0. The van der Waals surface area contributed by atoms with Crippen LogP contribution in [0.3, 0.4) is 0 Å². The van der Waals surface area contributed by atoms with Gasteiger partial charge in [-0.1, -0.05) is 13.3 Å². The molecule has 1 aromatic carbocycles. The van der Waals surface area contributed by atoms with Gasteiger partial charge in [-0.3, -0.25) is 0 Å². The van der Waals surface area contributed by atoms with Crippen molar-refractivity contribution in [3.63, 3.8) is 0 Å². The third kappa shape index (κ3) is 3.35. The van der Waals surface area contributed by atoms with Gasteiger partial charge < -0.3 is 15.2 Å². The van der Waals surface area contributed by atoms with Crippen molar-refractivity contribution in [3.8, 4) is 5.75 Å². The number of aromatic hydroxyl groups is 1. The summed E-state index contributed by atoms with van der Waals surface area (Å²) in [6.45, 7) is 2.90. The predicted molar refractivity (Wildman–Crippen MR) is 69.4 cm³/mol. The quantitative estimate of drug-likeness (QED) is 0.809. The molecule has 1 saturated heterocycles. The maximum absolute atomic E-state index is 13.2. The summed E-state index contributed by atoms with van der Waals surface area (Å²) in [6, 6.07) is 4.72. The van der Waals surface area contributed by atoms with Gasteiger partial charge in [-0.25, -0.2) is 4.39 Å². The predicted octanol–water partition coefficient (Wildman–Crippen LogP) is 3.29. The van der Waals surface area contributed by atoms with E-state index in [0.29, 0.717) is 17.8 Å². The number of phenolic OH excluding ortho intramolecular Hbond substituents is 1. The number of hydrogen-bond donors (Lipinski definition) is 2. The Hall–Kier alpha value is -1.29. The molecule has 1 fully saturated rings. The van der Waals surface area contributed by atoms with Gasteiger partial charge in [-0.05, 0) is 31.4 Å². The van der Waals surface area contributed by atoms with Gasteiger partial charge in [0.2, 0.25) is 0 Å². The number of halogens is 1. The van der Waals surface area contributed by atoms with E-state index in [0.717, 1.165) is 32.3 Å². The molecule has 0 bridgehead atoms. The minimum atomic E-state index is -0.586. The second kappa shape index (κ2) is 6.05. The van der Waals surface area contributed by atoms with E-state index in [1.807, 2.05) is 0 Å². The Kier molecular flexibility index (Phi) is 4.42. The van der Waals surface area contributed by atoms with Crippen LogP contribution in [0.2, 0.25) is 0 Å². The van der Waals surface area contributed by atoms with Crippen LogP contribution in [0.1, 0.15) is 32.6 Å². The van der Waals surface area contributed by atoms with Crippen LogP contribution >= 0.6 is 0 Å². The Labute approximate surface area is 107 Å². The van der Waals surface area contributed by atoms with Gasteiger partial charge >= 0.3 is 0 Å². The minimum Gasteiger partial charge on any atom is -0.505 e. The summed E-state index contributed by atoms with van der Waals surface area (Å²) in [7, 11) is 0. The Bertz CT molecular complexity index is 395. The van der Waals surface area contributed by atoms with Crippen molar-refractivity contribution in [3.05, 3.63) is 24.0 Å². The number of ether oxygens (including phenoxy) is 1. The number of anilines is 1. The Balaban J connectivity index is 1.93. The zero-order chi connectivity index (χ0) is 13.0. The first kappa shape index (κ1) is 13.1. The Morgan fingerprint density at radius 3 is 3.06 bits per heavy atom. The van der Waals surface area contributed by atoms with E-state index in [9.17, 15) is 4.39 Å². The van der Waals surface area contributed by atoms with Gasteiger partial charge in [0.1, 0.15) is 0 Å². The van der Waals surface area contributed by atoms with Crippen LogP contribution in [0.15, 0.2) is 18.2 Å². The fraction of sp³-hybridized carbons (Fsp3) is 0.571. The molecule has 0 spiro atoms. The monoisotopic (exact) mass is 253 g/mol. The highest BCUT2D eigenvalue weighted by molar-refractivity contribution is 5.47. The van der Waals surface area contributed by atoms with E-state index >= 15 is 0 Å². The van der Waals surface area contributed by atoms with Crippen molar-refractivity contribution in [2.45, 2.75) is 44.8 Å². The van der Waals surface area contributed by atoms with Gasteiger partial charge in [-0.2, -0.15) is 0 Å². The summed E-state index contributed by atoms with van der Waals surface area (Å²) in [5.41, 5.74) is 0.715. The standard InChI is InChI=1S/C14H20FNO2/c1-2-3-12-8-11(6-7-18-12)16-10-4-5-14(17)13(15)9-10/h4-5,9,11-12,16-17H,2-3,6-8H2,1H3. The maximum atomic E-state index is 13.2. The fourth-order valence-corrected chi connectivity index (χ4v) is 2.37. The molecule has 1 aliphatic heterocycles. The Morgan fingerprint density at radius 1 is 1.50 bits per heavy atom. The molecule has 100 valence electrons. The lowest BCUT2D eigenvalue weighted by atomic mass is 10.00. The normalized spacial score (nSPS) is 23.9. The molecule has 2 N–H and O–H groups in total. The molecule has 3 nitrogen and oxygen atoms in total. The highest BCUT2D eigenvalue weighted by atomic mass is 19.1. The zero-order valence-corrected chi connectivity index (χ0v) is 10.7. The zero-order valence-electron chi connectivity index (χ0n) is 10.7. The topological polar surface area (TPSA) is 41.5 Å². The van der Waals surface area contributed by atoms with Crippen LogP contribution in [-0.2, 0) is 4.74 Å². The number of benzene rings is 1. The second-order valence-corrected chi connectivity index (χ2v) is 4.81. The molecule has 2 rings (SSSR count). The molecule has 0 amide bonds. The number of nitrogens with one attached hydrogen (secondary N) is 1. The smallest absolute Gasteiger partial charge is 0.166 e. The van der Waals surface area contributed by atoms with E-state index in [4.69, 9.17) is 9.84 Å². The molecule has 0 radical (unpaired) electrons. The van der Waals surface area contributed by atoms with E-state index in [1.165, 1.54) is 12.1 Å². The molecular formula is C14H20FNO2. The Morgan fingerprint density at radius 2 is 2.33 bits per heavy atom. The highest BCUT2D eigenvalue weighted by Crippen LogP contribution is 2.24. The third-order valence-electron chi connectivity index (χ3n) is 3.30. The van der Waals surface area contributed by atoms with Crippen LogP contribution in [0.5, 0.6) is 5.75 Å². The van der Waals surface area contributed by atoms with Crippen molar-refractivity contribution in [2.75, 3.05) is 11.9 Å². The van der Waals surface area contributed by atoms with Crippen LogP contribution < -0.4 is 5.32 Å². The third-order valence-corrected chi connectivity index (χ3v) is 3.30. The second-order valence-electron chi connectivity index (χ2n) is 4.81. The molecule has 4 heteroatoms. The number of hydrogen-bond acceptors (Lipinski definition) is 3. The fourth-order valence-electron chi connectivity index (χ4n) is 2.37. The number of rotatable bonds is 4. The van der Waals surface area contributed by atoms with Gasteiger partial charge in [0, 0.05) is 24.4 Å². The lowest BCUT2D eigenvalue weighted by molar-refractivity contribution is 0.00597. The maximum Gasteiger partial charge on any atom is 0.166 e. The van der Waals surface area contributed by atoms with Crippen LogP contribution in [-0.4, -0.2) is 23.9 Å². The lowest BCUT2D eigenvalue weighted by Crippen LogP contribution is -2.34. The summed E-state index contributed by atoms with van der Waals surface area (Å²) >= 11 is 0. The number of phenols is 1. The molecule has 1 aromatic rings. The average molecular weight is 253 g/mol. The van der Waals surface area contributed by atoms with Crippen LogP contribution in [0.25, 0.3) is 0 Å². The van der Waals surface area contributed by atoms with Crippen molar-refractivity contribution in [1.29, 1.82) is 0 Å². The van der Waals surface area contributed by atoms with E-state index in [-0.39, 0.29) is 5.75 Å². The minimum absolute atomic E-state index is 0.309. The molecule has 0 aromatic heterocycles. The summed E-state index contributed by atoms with van der Waals surface area (Å²) in [5.74, 6) is -0.895. The van der Waals surface area contributed by atoms with Crippen molar-refractivity contribution in [2.24, 2.45) is 0 Å². The highest BCUT2D eigenvalue weighted by Gasteiger charge is 2.21. The first-order chi connectivity index (χ1) is 8.69. The first-order valence-electron chi connectivity index (χ1n) is 6.55. The molecule has 2 atom stereocenters. The summed E-state index contributed by atoms with van der Waals surface area (Å²) < 4.78 is 18.9. The van der Waals surface area contributed by atoms with Gasteiger partial charge in [0.25, 0.3) is 0 Å². The van der Waals surface area contributed by atoms with Gasteiger partial charge in [0.05, 0.1) is 6.10 Å². The first-order valence-corrected chi connectivity index (χ1v) is 6.55. The molecule has 2 unspecified atom stereocenters. The molecule has 18 heavy (non-hydrogen) atoms. The van der Waals surface area contributed by atoms with Crippen molar-refractivity contribution >= 4 is 5.69 Å². The van der Waals surface area contributed by atoms with Gasteiger partial charge in [0.15, 0.2) is 11.6 Å². The molecule has 0 saturated carbocycles. The lowest BCUT2D eigenvalue weighted by Gasteiger charge is -2.30. The molecular weight excluding hydrogens is 233 g/mol. The van der Waals surface area contributed by atoms with Crippen LogP contribution in [0, 0.1) is 5.82 Å². The molecule has 1 aliphatic rings. The summed E-state index contributed by atoms with van der Waals surface area (Å²) in [5, 5.41) is 12.4.